The van der Waals surface area contributed by atoms with Crippen molar-refractivity contribution in [3.8, 4) is 0 Å². The molecule has 2 unspecified atom stereocenters. The Kier molecular flexibility index (Phi) is 4.24. The Balaban J connectivity index is 2.28. The highest BCUT2D eigenvalue weighted by molar-refractivity contribution is 9.10. The minimum atomic E-state index is -0.921. The van der Waals surface area contributed by atoms with Crippen LogP contribution in [0.2, 0.25) is 0 Å². The molecule has 0 bridgehead atoms. The highest BCUT2D eigenvalue weighted by atomic mass is 79.9. The van der Waals surface area contributed by atoms with Crippen molar-refractivity contribution in [1.82, 2.24) is 4.90 Å². The molecule has 1 aliphatic heterocycles. The van der Waals surface area contributed by atoms with Crippen LogP contribution < -0.4 is 0 Å². The summed E-state index contributed by atoms with van der Waals surface area (Å²) < 4.78 is 0.815. The lowest BCUT2D eigenvalue weighted by Gasteiger charge is -2.37. The van der Waals surface area contributed by atoms with Crippen LogP contribution >= 0.6 is 15.9 Å². The summed E-state index contributed by atoms with van der Waals surface area (Å²) in [5, 5.41) is 9.33. The van der Waals surface area contributed by atoms with Crippen molar-refractivity contribution in [2.75, 3.05) is 6.54 Å². The number of benzene rings is 1. The summed E-state index contributed by atoms with van der Waals surface area (Å²) in [6, 6.07) is 6.33. The first-order valence-electron chi connectivity index (χ1n) is 6.30. The molecule has 102 valence electrons. The van der Waals surface area contributed by atoms with Crippen LogP contribution in [0.15, 0.2) is 28.7 Å². The molecule has 5 heteroatoms. The number of nitrogens with zero attached hydrogens (tertiary/aromatic N) is 1. The average Bonchev–Trinajstić information content (AvgIpc) is 2.37. The van der Waals surface area contributed by atoms with E-state index < -0.39 is 12.0 Å². The number of carboxylic acids is 1. The van der Waals surface area contributed by atoms with E-state index in [9.17, 15) is 14.7 Å². The maximum Gasteiger partial charge on any atom is 0.326 e. The minimum Gasteiger partial charge on any atom is -0.480 e. The van der Waals surface area contributed by atoms with Crippen molar-refractivity contribution < 1.29 is 14.7 Å². The highest BCUT2D eigenvalue weighted by Crippen LogP contribution is 2.25. The van der Waals surface area contributed by atoms with Crippen LogP contribution in [0.3, 0.4) is 0 Å². The molecule has 2 atom stereocenters. The molecule has 1 N–H and O–H groups in total. The van der Waals surface area contributed by atoms with E-state index in [1.54, 1.807) is 18.2 Å². The SMILES string of the molecule is CC1CCCN(C(=O)c2cccc(Br)c2)C1C(=O)O. The molecule has 19 heavy (non-hydrogen) atoms. The third-order valence-electron chi connectivity index (χ3n) is 3.52. The molecule has 4 nitrogen and oxygen atoms in total. The Labute approximate surface area is 120 Å². The fourth-order valence-electron chi connectivity index (χ4n) is 2.58. The van der Waals surface area contributed by atoms with Gasteiger partial charge in [-0.3, -0.25) is 4.79 Å². The topological polar surface area (TPSA) is 57.6 Å². The Morgan fingerprint density at radius 2 is 2.16 bits per heavy atom. The molecule has 1 aliphatic rings. The lowest BCUT2D eigenvalue weighted by atomic mass is 9.90. The number of likely N-dealkylation sites (tertiary alicyclic amines) is 1. The molecular formula is C14H16BrNO3. The quantitative estimate of drug-likeness (QED) is 0.909. The maximum atomic E-state index is 12.5. The van der Waals surface area contributed by atoms with Gasteiger partial charge >= 0.3 is 5.97 Å². The van der Waals surface area contributed by atoms with E-state index in [0.29, 0.717) is 12.1 Å². The van der Waals surface area contributed by atoms with Crippen LogP contribution in [-0.4, -0.2) is 34.5 Å². The predicted octanol–water partition coefficient (Wildman–Crippen LogP) is 2.77. The van der Waals surface area contributed by atoms with Gasteiger partial charge in [0.05, 0.1) is 0 Å². The number of aliphatic carboxylic acids is 1. The molecule has 1 amide bonds. The van der Waals surface area contributed by atoms with E-state index >= 15 is 0 Å². The van der Waals surface area contributed by atoms with Gasteiger partial charge < -0.3 is 10.0 Å². The molecule has 0 saturated carbocycles. The van der Waals surface area contributed by atoms with Crippen molar-refractivity contribution in [3.63, 3.8) is 0 Å². The molecule has 0 aromatic heterocycles. The zero-order valence-electron chi connectivity index (χ0n) is 10.7. The summed E-state index contributed by atoms with van der Waals surface area (Å²) in [5.74, 6) is -1.14. The molecule has 1 saturated heterocycles. The summed E-state index contributed by atoms with van der Waals surface area (Å²) in [6.45, 7) is 2.39. The highest BCUT2D eigenvalue weighted by Gasteiger charge is 2.37. The van der Waals surface area contributed by atoms with Gasteiger partial charge in [0.2, 0.25) is 0 Å². The molecule has 0 radical (unpaired) electrons. The van der Waals surface area contributed by atoms with Crippen LogP contribution in [-0.2, 0) is 4.79 Å². The summed E-state index contributed by atoms with van der Waals surface area (Å²) in [6.07, 6.45) is 1.70. The van der Waals surface area contributed by atoms with Crippen LogP contribution in [0.25, 0.3) is 0 Å². The third kappa shape index (κ3) is 2.97. The summed E-state index contributed by atoms with van der Waals surface area (Å²) in [4.78, 5) is 25.3. The van der Waals surface area contributed by atoms with Crippen molar-refractivity contribution in [3.05, 3.63) is 34.3 Å². The molecule has 0 spiro atoms. The average molecular weight is 326 g/mol. The monoisotopic (exact) mass is 325 g/mol. The first-order valence-corrected chi connectivity index (χ1v) is 7.09. The second-order valence-electron chi connectivity index (χ2n) is 4.91. The van der Waals surface area contributed by atoms with Gasteiger partial charge in [-0.1, -0.05) is 28.9 Å². The zero-order chi connectivity index (χ0) is 14.0. The van der Waals surface area contributed by atoms with Gasteiger partial charge in [0.1, 0.15) is 6.04 Å². The Hall–Kier alpha value is -1.36. The molecule has 1 aromatic rings. The smallest absolute Gasteiger partial charge is 0.326 e. The van der Waals surface area contributed by atoms with Gasteiger partial charge in [0.15, 0.2) is 0 Å². The number of piperidine rings is 1. The number of hydrogen-bond acceptors (Lipinski definition) is 2. The molecule has 1 fully saturated rings. The Morgan fingerprint density at radius 1 is 1.42 bits per heavy atom. The lowest BCUT2D eigenvalue weighted by Crippen LogP contribution is -2.51. The van der Waals surface area contributed by atoms with Crippen molar-refractivity contribution in [2.45, 2.75) is 25.8 Å². The van der Waals surface area contributed by atoms with E-state index in [2.05, 4.69) is 15.9 Å². The second-order valence-corrected chi connectivity index (χ2v) is 5.83. The first kappa shape index (κ1) is 14.1. The number of carbonyl (C=O) groups is 2. The fraction of sp³-hybridized carbons (Fsp3) is 0.429. The second kappa shape index (κ2) is 5.74. The van der Waals surface area contributed by atoms with Gasteiger partial charge in [-0.15, -0.1) is 0 Å². The van der Waals surface area contributed by atoms with Crippen LogP contribution in [0, 0.1) is 5.92 Å². The van der Waals surface area contributed by atoms with Gasteiger partial charge in [-0.2, -0.15) is 0 Å². The van der Waals surface area contributed by atoms with Gasteiger partial charge in [-0.05, 0) is 37.0 Å². The molecule has 2 rings (SSSR count). The van der Waals surface area contributed by atoms with Crippen molar-refractivity contribution >= 4 is 27.8 Å². The number of carboxylic acid groups (broad SMARTS) is 1. The van der Waals surface area contributed by atoms with E-state index in [1.807, 2.05) is 13.0 Å². The predicted molar refractivity (Wildman–Crippen MR) is 75.0 cm³/mol. The van der Waals surface area contributed by atoms with Gasteiger partial charge in [0.25, 0.3) is 5.91 Å². The lowest BCUT2D eigenvalue weighted by molar-refractivity contribution is -0.145. The molecule has 1 aromatic carbocycles. The number of halogens is 1. The Morgan fingerprint density at radius 3 is 2.79 bits per heavy atom. The van der Waals surface area contributed by atoms with E-state index in [0.717, 1.165) is 17.3 Å². The van der Waals surface area contributed by atoms with Crippen LogP contribution in [0.1, 0.15) is 30.1 Å². The fourth-order valence-corrected chi connectivity index (χ4v) is 2.98. The largest absolute Gasteiger partial charge is 0.480 e. The number of rotatable bonds is 2. The molecular weight excluding hydrogens is 310 g/mol. The molecule has 0 aliphatic carbocycles. The molecule has 1 heterocycles. The first-order chi connectivity index (χ1) is 9.00. The van der Waals surface area contributed by atoms with Gasteiger partial charge in [-0.25, -0.2) is 4.79 Å². The summed E-state index contributed by atoms with van der Waals surface area (Å²) in [7, 11) is 0. The van der Waals surface area contributed by atoms with Gasteiger partial charge in [0, 0.05) is 16.6 Å². The van der Waals surface area contributed by atoms with Crippen LogP contribution in [0.5, 0.6) is 0 Å². The standard InChI is InChI=1S/C14H16BrNO3/c1-9-4-3-7-16(12(9)14(18)19)13(17)10-5-2-6-11(15)8-10/h2,5-6,8-9,12H,3-4,7H2,1H3,(H,18,19). The van der Waals surface area contributed by atoms with E-state index in [1.165, 1.54) is 4.90 Å². The number of carbonyl (C=O) groups excluding carboxylic acids is 1. The van der Waals surface area contributed by atoms with E-state index in [4.69, 9.17) is 0 Å². The maximum absolute atomic E-state index is 12.5. The minimum absolute atomic E-state index is 0.0117. The van der Waals surface area contributed by atoms with E-state index in [-0.39, 0.29) is 11.8 Å². The summed E-state index contributed by atoms with van der Waals surface area (Å²) >= 11 is 3.32. The van der Waals surface area contributed by atoms with Crippen molar-refractivity contribution in [1.29, 1.82) is 0 Å². The van der Waals surface area contributed by atoms with Crippen molar-refractivity contribution in [2.24, 2.45) is 5.92 Å². The Bertz CT molecular complexity index is 503. The number of hydrogen-bond donors (Lipinski definition) is 1. The van der Waals surface area contributed by atoms with Crippen LogP contribution in [0.4, 0.5) is 0 Å². The third-order valence-corrected chi connectivity index (χ3v) is 4.01. The zero-order valence-corrected chi connectivity index (χ0v) is 12.3. The normalized spacial score (nSPS) is 23.2. The number of amides is 1. The summed E-state index contributed by atoms with van der Waals surface area (Å²) in [5.41, 5.74) is 0.523.